The van der Waals surface area contributed by atoms with Crippen LogP contribution in [-0.2, 0) is 14.3 Å². The molecular weight excluding hydrogens is 388 g/mol. The molecule has 0 spiro atoms. The highest BCUT2D eigenvalue weighted by Crippen LogP contribution is 2.15. The Kier molecular flexibility index (Phi) is 22.4. The molecular formula is C27H50O4. The maximum absolute atomic E-state index is 11.9. The molecule has 0 saturated heterocycles. The number of esters is 1. The van der Waals surface area contributed by atoms with Crippen LogP contribution < -0.4 is 0 Å². The highest BCUT2D eigenvalue weighted by atomic mass is 16.5. The van der Waals surface area contributed by atoms with Crippen molar-refractivity contribution in [2.75, 3.05) is 6.61 Å². The molecule has 0 aromatic carbocycles. The van der Waals surface area contributed by atoms with Gasteiger partial charge in [-0.25, -0.2) is 0 Å². The van der Waals surface area contributed by atoms with Crippen LogP contribution in [-0.4, -0.2) is 23.7 Å². The van der Waals surface area contributed by atoms with Gasteiger partial charge in [0.15, 0.2) is 0 Å². The molecule has 0 heterocycles. The van der Waals surface area contributed by atoms with Crippen molar-refractivity contribution in [1.29, 1.82) is 0 Å². The number of carbonyl (C=O) groups is 2. The average molecular weight is 439 g/mol. The SMILES string of the molecule is CCCCCCCCCCCCCCCCC/C=C/CC(CC(=O)O)C(=O)OCCC. The van der Waals surface area contributed by atoms with Crippen molar-refractivity contribution in [2.24, 2.45) is 5.92 Å². The molecule has 0 amide bonds. The van der Waals surface area contributed by atoms with Crippen molar-refractivity contribution >= 4 is 11.9 Å². The third-order valence-electron chi connectivity index (χ3n) is 5.76. The van der Waals surface area contributed by atoms with Gasteiger partial charge in [0.05, 0.1) is 18.9 Å². The molecule has 0 saturated carbocycles. The summed E-state index contributed by atoms with van der Waals surface area (Å²) < 4.78 is 5.11. The van der Waals surface area contributed by atoms with Crippen LogP contribution in [0.25, 0.3) is 0 Å². The molecule has 0 aliphatic heterocycles. The fraction of sp³-hybridized carbons (Fsp3) is 0.852. The quantitative estimate of drug-likeness (QED) is 0.0991. The Labute approximate surface area is 192 Å². The van der Waals surface area contributed by atoms with Crippen LogP contribution in [0, 0.1) is 5.92 Å². The number of hydrogen-bond donors (Lipinski definition) is 1. The van der Waals surface area contributed by atoms with Gasteiger partial charge in [-0.15, -0.1) is 0 Å². The minimum absolute atomic E-state index is 0.161. The van der Waals surface area contributed by atoms with Gasteiger partial charge in [-0.05, 0) is 25.7 Å². The first kappa shape index (κ1) is 29.7. The van der Waals surface area contributed by atoms with Crippen LogP contribution >= 0.6 is 0 Å². The van der Waals surface area contributed by atoms with E-state index in [-0.39, 0.29) is 12.4 Å². The number of allylic oxidation sites excluding steroid dienone is 2. The van der Waals surface area contributed by atoms with E-state index in [1.807, 2.05) is 13.0 Å². The largest absolute Gasteiger partial charge is 0.481 e. The first-order valence-corrected chi connectivity index (χ1v) is 13.1. The zero-order valence-electron chi connectivity index (χ0n) is 20.5. The molecule has 4 nitrogen and oxygen atoms in total. The Bertz CT molecular complexity index is 445. The number of carboxylic acids is 1. The molecule has 182 valence electrons. The van der Waals surface area contributed by atoms with E-state index in [2.05, 4.69) is 13.0 Å². The maximum atomic E-state index is 11.9. The van der Waals surface area contributed by atoms with E-state index in [1.54, 1.807) is 0 Å². The highest BCUT2D eigenvalue weighted by molar-refractivity contribution is 5.79. The summed E-state index contributed by atoms with van der Waals surface area (Å²) in [5, 5.41) is 8.98. The maximum Gasteiger partial charge on any atom is 0.309 e. The van der Waals surface area contributed by atoms with E-state index >= 15 is 0 Å². The lowest BCUT2D eigenvalue weighted by molar-refractivity contribution is -0.153. The van der Waals surface area contributed by atoms with Gasteiger partial charge in [0.2, 0.25) is 0 Å². The molecule has 0 rings (SSSR count). The van der Waals surface area contributed by atoms with Crippen molar-refractivity contribution < 1.29 is 19.4 Å². The van der Waals surface area contributed by atoms with Crippen molar-refractivity contribution in [2.45, 2.75) is 136 Å². The number of carbonyl (C=O) groups excluding carboxylic acids is 1. The molecule has 4 heteroatoms. The molecule has 0 fully saturated rings. The van der Waals surface area contributed by atoms with Gasteiger partial charge >= 0.3 is 11.9 Å². The molecule has 0 aromatic heterocycles. The molecule has 31 heavy (non-hydrogen) atoms. The van der Waals surface area contributed by atoms with E-state index in [0.717, 1.165) is 12.8 Å². The zero-order valence-corrected chi connectivity index (χ0v) is 20.5. The van der Waals surface area contributed by atoms with Crippen molar-refractivity contribution in [3.63, 3.8) is 0 Å². The predicted molar refractivity (Wildman–Crippen MR) is 130 cm³/mol. The molecule has 1 atom stereocenters. The summed E-state index contributed by atoms with van der Waals surface area (Å²) in [5.41, 5.74) is 0. The second kappa shape index (κ2) is 23.3. The first-order chi connectivity index (χ1) is 15.1. The Hall–Kier alpha value is -1.32. The van der Waals surface area contributed by atoms with Crippen molar-refractivity contribution in [1.82, 2.24) is 0 Å². The normalized spacial score (nSPS) is 12.3. The molecule has 0 radical (unpaired) electrons. The summed E-state index contributed by atoms with van der Waals surface area (Å²) in [6, 6.07) is 0. The van der Waals surface area contributed by atoms with Crippen LogP contribution in [0.3, 0.4) is 0 Å². The fourth-order valence-electron chi connectivity index (χ4n) is 3.81. The minimum Gasteiger partial charge on any atom is -0.481 e. The molecule has 1 unspecified atom stereocenters. The Morgan fingerprint density at radius 1 is 0.710 bits per heavy atom. The third kappa shape index (κ3) is 21.7. The number of ether oxygens (including phenoxy) is 1. The number of carboxylic acid groups (broad SMARTS) is 1. The average Bonchev–Trinajstić information content (AvgIpc) is 2.75. The van der Waals surface area contributed by atoms with E-state index in [9.17, 15) is 9.59 Å². The fourth-order valence-corrected chi connectivity index (χ4v) is 3.81. The molecule has 0 bridgehead atoms. The molecule has 1 N–H and O–H groups in total. The second-order valence-electron chi connectivity index (χ2n) is 8.91. The lowest BCUT2D eigenvalue weighted by Crippen LogP contribution is -2.20. The first-order valence-electron chi connectivity index (χ1n) is 13.1. The number of aliphatic carboxylic acids is 1. The summed E-state index contributed by atoms with van der Waals surface area (Å²) in [4.78, 5) is 22.9. The van der Waals surface area contributed by atoms with Crippen LogP contribution in [0.1, 0.15) is 136 Å². The summed E-state index contributed by atoms with van der Waals surface area (Å²) in [6.45, 7) is 4.56. The standard InChI is InChI=1S/C27H50O4/c1-3-5-6-7-8-9-10-11-12-13-14-15-16-17-18-19-20-21-22-25(24-26(28)29)27(30)31-23-4-2/h20-21,25H,3-19,22-24H2,1-2H3,(H,28,29)/b21-20+. The van der Waals surface area contributed by atoms with Gasteiger partial charge in [0.25, 0.3) is 0 Å². The lowest BCUT2D eigenvalue weighted by atomic mass is 10.0. The molecule has 0 aliphatic rings. The van der Waals surface area contributed by atoms with Gasteiger partial charge in [-0.2, -0.15) is 0 Å². The van der Waals surface area contributed by atoms with Crippen LogP contribution in [0.4, 0.5) is 0 Å². The van der Waals surface area contributed by atoms with Crippen LogP contribution in [0.2, 0.25) is 0 Å². The summed E-state index contributed by atoms with van der Waals surface area (Å²) in [6.07, 6.45) is 26.6. The van der Waals surface area contributed by atoms with Gasteiger partial charge in [0, 0.05) is 0 Å². The van der Waals surface area contributed by atoms with Gasteiger partial charge in [-0.1, -0.05) is 116 Å². The highest BCUT2D eigenvalue weighted by Gasteiger charge is 2.21. The van der Waals surface area contributed by atoms with Gasteiger partial charge < -0.3 is 9.84 Å². The van der Waals surface area contributed by atoms with E-state index in [4.69, 9.17) is 9.84 Å². The molecule has 0 aromatic rings. The monoisotopic (exact) mass is 438 g/mol. The van der Waals surface area contributed by atoms with Crippen LogP contribution in [0.15, 0.2) is 12.2 Å². The van der Waals surface area contributed by atoms with Crippen molar-refractivity contribution in [3.8, 4) is 0 Å². The number of hydrogen-bond acceptors (Lipinski definition) is 3. The predicted octanol–water partition coefficient (Wildman–Crippen LogP) is 8.24. The van der Waals surface area contributed by atoms with Gasteiger partial charge in [0.1, 0.15) is 0 Å². The van der Waals surface area contributed by atoms with E-state index in [1.165, 1.54) is 96.3 Å². The van der Waals surface area contributed by atoms with E-state index < -0.39 is 11.9 Å². The summed E-state index contributed by atoms with van der Waals surface area (Å²) >= 11 is 0. The molecule has 0 aliphatic carbocycles. The number of unbranched alkanes of at least 4 members (excludes halogenated alkanes) is 15. The Morgan fingerprint density at radius 3 is 1.65 bits per heavy atom. The topological polar surface area (TPSA) is 63.6 Å². The summed E-state index contributed by atoms with van der Waals surface area (Å²) in [5.74, 6) is -1.91. The number of rotatable bonds is 23. The smallest absolute Gasteiger partial charge is 0.309 e. The van der Waals surface area contributed by atoms with Crippen LogP contribution in [0.5, 0.6) is 0 Å². The Balaban J connectivity index is 3.53. The van der Waals surface area contributed by atoms with Gasteiger partial charge in [-0.3, -0.25) is 9.59 Å². The van der Waals surface area contributed by atoms with Crippen molar-refractivity contribution in [3.05, 3.63) is 12.2 Å². The van der Waals surface area contributed by atoms with E-state index in [0.29, 0.717) is 13.0 Å². The zero-order chi connectivity index (χ0) is 23.0. The summed E-state index contributed by atoms with van der Waals surface area (Å²) in [7, 11) is 0. The second-order valence-corrected chi connectivity index (χ2v) is 8.91. The lowest BCUT2D eigenvalue weighted by Gasteiger charge is -2.11. The minimum atomic E-state index is -0.950. The third-order valence-corrected chi connectivity index (χ3v) is 5.76. The Morgan fingerprint density at radius 2 is 1.19 bits per heavy atom.